The normalized spacial score (nSPS) is 17.8. The lowest BCUT2D eigenvalue weighted by molar-refractivity contribution is -0.142. The van der Waals surface area contributed by atoms with E-state index in [0.717, 1.165) is 47.6 Å². The van der Waals surface area contributed by atoms with Crippen molar-refractivity contribution in [3.05, 3.63) is 36.3 Å². The molecule has 11 nitrogen and oxygen atoms in total. The largest absolute Gasteiger partial charge is 0.480 e. The van der Waals surface area contributed by atoms with Crippen LogP contribution in [0.5, 0.6) is 0 Å². The summed E-state index contributed by atoms with van der Waals surface area (Å²) in [5.41, 5.74) is 2.87. The minimum atomic E-state index is -1.07. The van der Waals surface area contributed by atoms with Crippen LogP contribution in [0.3, 0.4) is 0 Å². The van der Waals surface area contributed by atoms with Crippen LogP contribution in [-0.2, 0) is 16.1 Å². The van der Waals surface area contributed by atoms with Crippen molar-refractivity contribution >= 4 is 29.0 Å². The Labute approximate surface area is 216 Å². The molecule has 0 saturated carbocycles. The first-order valence-corrected chi connectivity index (χ1v) is 12.5. The van der Waals surface area contributed by atoms with Gasteiger partial charge in [-0.3, -0.25) is 4.90 Å². The van der Waals surface area contributed by atoms with Crippen molar-refractivity contribution in [2.24, 2.45) is 0 Å². The second-order valence-corrected chi connectivity index (χ2v) is 10.3. The molecule has 0 spiro atoms. The maximum absolute atomic E-state index is 12.6. The fourth-order valence-corrected chi connectivity index (χ4v) is 4.65. The Kier molecular flexibility index (Phi) is 7.63. The smallest absolute Gasteiger partial charge is 0.411 e. The van der Waals surface area contributed by atoms with E-state index in [0.29, 0.717) is 5.95 Å². The number of carbonyl (C=O) groups is 2. The first-order chi connectivity index (χ1) is 17.6. The van der Waals surface area contributed by atoms with Gasteiger partial charge in [-0.05, 0) is 59.8 Å². The lowest BCUT2D eigenvalue weighted by Gasteiger charge is -2.26. The molecule has 2 atom stereocenters. The molecule has 3 N–H and O–H groups in total. The topological polar surface area (TPSA) is 134 Å². The van der Waals surface area contributed by atoms with Gasteiger partial charge >= 0.3 is 12.1 Å². The summed E-state index contributed by atoms with van der Waals surface area (Å²) >= 11 is 0. The number of likely N-dealkylation sites (tertiary alicyclic amines) is 1. The molecule has 0 unspecified atom stereocenters. The van der Waals surface area contributed by atoms with Crippen LogP contribution in [0.2, 0.25) is 0 Å². The SMILES string of the molecule is CNCCCn1c(C)nc2cccc(-c3ccnc(N[C@H]4C[C@@H](C(=O)O)N(C(=O)OC(C)(C)C)C4)n3)c21. The molecule has 1 saturated heterocycles. The molecule has 1 aliphatic rings. The van der Waals surface area contributed by atoms with E-state index in [4.69, 9.17) is 14.7 Å². The number of carbonyl (C=O) groups excluding carboxylic acids is 1. The van der Waals surface area contributed by atoms with Crippen molar-refractivity contribution in [2.45, 2.75) is 64.8 Å². The molecule has 1 aromatic carbocycles. The summed E-state index contributed by atoms with van der Waals surface area (Å²) in [7, 11) is 1.94. The first kappa shape index (κ1) is 26.3. The maximum atomic E-state index is 12.6. The van der Waals surface area contributed by atoms with E-state index in [-0.39, 0.29) is 19.0 Å². The Morgan fingerprint density at radius 2 is 2.00 bits per heavy atom. The number of amides is 1. The highest BCUT2D eigenvalue weighted by atomic mass is 16.6. The molecule has 2 aromatic heterocycles. The van der Waals surface area contributed by atoms with Gasteiger partial charge in [0.25, 0.3) is 0 Å². The average molecular weight is 510 g/mol. The Bertz CT molecular complexity index is 1280. The fraction of sp³-hybridized carbons (Fsp3) is 0.500. The number of aliphatic carboxylic acids is 1. The summed E-state index contributed by atoms with van der Waals surface area (Å²) in [4.78, 5) is 39.6. The summed E-state index contributed by atoms with van der Waals surface area (Å²) in [5.74, 6) is 0.241. The van der Waals surface area contributed by atoms with Crippen LogP contribution in [0.1, 0.15) is 39.4 Å². The Balaban J connectivity index is 1.58. The number of benzene rings is 1. The number of nitrogens with one attached hydrogen (secondary N) is 2. The summed E-state index contributed by atoms with van der Waals surface area (Å²) in [5, 5.41) is 16.1. The number of nitrogens with zero attached hydrogens (tertiary/aromatic N) is 5. The number of aromatic nitrogens is 4. The van der Waals surface area contributed by atoms with E-state index < -0.39 is 23.7 Å². The number of hydrogen-bond donors (Lipinski definition) is 3. The van der Waals surface area contributed by atoms with Crippen LogP contribution in [0.15, 0.2) is 30.5 Å². The molecule has 1 fully saturated rings. The summed E-state index contributed by atoms with van der Waals surface area (Å²) in [6, 6.07) is 6.50. The van der Waals surface area contributed by atoms with Crippen molar-refractivity contribution in [1.29, 1.82) is 0 Å². The number of carboxylic acid groups (broad SMARTS) is 1. The van der Waals surface area contributed by atoms with Gasteiger partial charge in [0.05, 0.1) is 16.7 Å². The highest BCUT2D eigenvalue weighted by Gasteiger charge is 2.41. The monoisotopic (exact) mass is 509 g/mol. The quantitative estimate of drug-likeness (QED) is 0.391. The highest BCUT2D eigenvalue weighted by molar-refractivity contribution is 5.91. The molecule has 1 aliphatic heterocycles. The third-order valence-corrected chi connectivity index (χ3v) is 6.24. The van der Waals surface area contributed by atoms with Gasteiger partial charge < -0.3 is 25.0 Å². The minimum absolute atomic E-state index is 0.173. The second-order valence-electron chi connectivity index (χ2n) is 10.3. The van der Waals surface area contributed by atoms with Gasteiger partial charge in [0.2, 0.25) is 5.95 Å². The molecule has 0 aliphatic carbocycles. The van der Waals surface area contributed by atoms with E-state index in [1.165, 1.54) is 4.90 Å². The number of para-hydroxylation sites is 1. The van der Waals surface area contributed by atoms with Gasteiger partial charge in [-0.25, -0.2) is 24.5 Å². The summed E-state index contributed by atoms with van der Waals surface area (Å²) in [6.07, 6.45) is 2.21. The molecule has 3 heterocycles. The molecule has 1 amide bonds. The van der Waals surface area contributed by atoms with E-state index in [1.54, 1.807) is 27.0 Å². The number of hydrogen-bond acceptors (Lipinski definition) is 8. The molecule has 0 radical (unpaired) electrons. The number of rotatable bonds is 8. The molecule has 198 valence electrons. The molecule has 37 heavy (non-hydrogen) atoms. The van der Waals surface area contributed by atoms with Crippen LogP contribution in [0.4, 0.5) is 10.7 Å². The molecule has 0 bridgehead atoms. The third kappa shape index (κ3) is 5.99. The van der Waals surface area contributed by atoms with Crippen LogP contribution < -0.4 is 10.6 Å². The van der Waals surface area contributed by atoms with Gasteiger partial charge in [0.15, 0.2) is 0 Å². The van der Waals surface area contributed by atoms with Crippen molar-refractivity contribution < 1.29 is 19.4 Å². The highest BCUT2D eigenvalue weighted by Crippen LogP contribution is 2.30. The van der Waals surface area contributed by atoms with Gasteiger partial charge in [0.1, 0.15) is 17.5 Å². The van der Waals surface area contributed by atoms with Crippen molar-refractivity contribution in [2.75, 3.05) is 25.5 Å². The van der Waals surface area contributed by atoms with E-state index in [1.807, 2.05) is 38.2 Å². The van der Waals surface area contributed by atoms with Gasteiger partial charge in [-0.15, -0.1) is 0 Å². The second kappa shape index (κ2) is 10.7. The molecule has 11 heteroatoms. The predicted octanol–water partition coefficient (Wildman–Crippen LogP) is 3.29. The molecular formula is C26H35N7O4. The van der Waals surface area contributed by atoms with Crippen molar-refractivity contribution in [1.82, 2.24) is 29.7 Å². The first-order valence-electron chi connectivity index (χ1n) is 12.5. The molecule has 3 aromatic rings. The van der Waals surface area contributed by atoms with Crippen LogP contribution in [0, 0.1) is 6.92 Å². The Morgan fingerprint density at radius 1 is 1.22 bits per heavy atom. The molecular weight excluding hydrogens is 474 g/mol. The van der Waals surface area contributed by atoms with E-state index in [2.05, 4.69) is 20.2 Å². The van der Waals surface area contributed by atoms with Crippen molar-refractivity contribution in [3.63, 3.8) is 0 Å². The zero-order valence-electron chi connectivity index (χ0n) is 22.0. The Morgan fingerprint density at radius 3 is 2.70 bits per heavy atom. The van der Waals surface area contributed by atoms with Gasteiger partial charge in [0, 0.05) is 37.3 Å². The number of aryl methyl sites for hydroxylation is 2. The average Bonchev–Trinajstić information content (AvgIpc) is 3.39. The third-order valence-electron chi connectivity index (χ3n) is 6.24. The summed E-state index contributed by atoms with van der Waals surface area (Å²) < 4.78 is 7.63. The Hall–Kier alpha value is -3.73. The number of anilines is 1. The van der Waals surface area contributed by atoms with Crippen LogP contribution in [0.25, 0.3) is 22.3 Å². The maximum Gasteiger partial charge on any atom is 0.411 e. The van der Waals surface area contributed by atoms with E-state index in [9.17, 15) is 14.7 Å². The predicted molar refractivity (Wildman–Crippen MR) is 140 cm³/mol. The molecule has 4 rings (SSSR count). The number of ether oxygens (including phenoxy) is 1. The van der Waals surface area contributed by atoms with Gasteiger partial charge in [-0.1, -0.05) is 12.1 Å². The van der Waals surface area contributed by atoms with Gasteiger partial charge in [-0.2, -0.15) is 0 Å². The lowest BCUT2D eigenvalue weighted by atomic mass is 10.1. The standard InChI is InChI=1S/C26H35N7O4/c1-16-29-20-9-6-8-18(22(20)32(16)13-7-11-27-5)19-10-12-28-24(31-19)30-17-14-21(23(34)35)33(15-17)25(36)37-26(2,3)4/h6,8-10,12,17,21,27H,7,11,13-15H2,1-5H3,(H,34,35)(H,28,30,31)/t17-,21-/m0/s1. The van der Waals surface area contributed by atoms with Crippen LogP contribution >= 0.6 is 0 Å². The number of carboxylic acids is 1. The number of imidazole rings is 1. The number of fused-ring (bicyclic) bond motifs is 1. The zero-order chi connectivity index (χ0) is 26.7. The van der Waals surface area contributed by atoms with Crippen LogP contribution in [-0.4, -0.2) is 79.4 Å². The van der Waals surface area contributed by atoms with Crippen molar-refractivity contribution in [3.8, 4) is 11.3 Å². The summed E-state index contributed by atoms with van der Waals surface area (Å²) in [6.45, 7) is 9.16. The van der Waals surface area contributed by atoms with E-state index >= 15 is 0 Å². The lowest BCUT2D eigenvalue weighted by Crippen LogP contribution is -2.43. The minimum Gasteiger partial charge on any atom is -0.480 e. The fourth-order valence-electron chi connectivity index (χ4n) is 4.65. The zero-order valence-corrected chi connectivity index (χ0v) is 22.0.